The van der Waals surface area contributed by atoms with E-state index in [4.69, 9.17) is 4.74 Å². The van der Waals surface area contributed by atoms with Gasteiger partial charge in [-0.15, -0.1) is 0 Å². The Labute approximate surface area is 93.4 Å². The van der Waals surface area contributed by atoms with Gasteiger partial charge in [-0.3, -0.25) is 4.79 Å². The van der Waals surface area contributed by atoms with Crippen molar-refractivity contribution in [2.75, 3.05) is 6.61 Å². The van der Waals surface area contributed by atoms with Gasteiger partial charge in [-0.25, -0.2) is 0 Å². The minimum absolute atomic E-state index is 0.0190. The Morgan fingerprint density at radius 3 is 2.33 bits per heavy atom. The van der Waals surface area contributed by atoms with Crippen LogP contribution in [0.1, 0.15) is 58.8 Å². The molecule has 0 amide bonds. The molecule has 0 aromatic heterocycles. The van der Waals surface area contributed by atoms with Crippen molar-refractivity contribution in [3.8, 4) is 0 Å². The third-order valence-electron chi connectivity index (χ3n) is 3.50. The van der Waals surface area contributed by atoms with E-state index < -0.39 is 0 Å². The summed E-state index contributed by atoms with van der Waals surface area (Å²) >= 11 is 0. The van der Waals surface area contributed by atoms with E-state index >= 15 is 0 Å². The third-order valence-corrected chi connectivity index (χ3v) is 3.50. The standard InChI is InChI=1S/C13H24O2/c1-3-12(4-2)13(14)15-10-11-8-6-5-7-9-11/h11-12H,3-10H2,1-2H3. The SMILES string of the molecule is CCC(CC)C(=O)OCC1CCCCC1. The molecule has 0 spiro atoms. The van der Waals surface area contributed by atoms with Crippen LogP contribution in [0.4, 0.5) is 0 Å². The lowest BCUT2D eigenvalue weighted by Crippen LogP contribution is -2.21. The molecule has 1 fully saturated rings. The molecule has 0 aromatic rings. The zero-order chi connectivity index (χ0) is 11.1. The highest BCUT2D eigenvalue weighted by molar-refractivity contribution is 5.72. The van der Waals surface area contributed by atoms with Crippen LogP contribution in [0.3, 0.4) is 0 Å². The number of rotatable bonds is 5. The fourth-order valence-electron chi connectivity index (χ4n) is 2.29. The molecular formula is C13H24O2. The second-order valence-electron chi connectivity index (χ2n) is 4.65. The fourth-order valence-corrected chi connectivity index (χ4v) is 2.29. The normalized spacial score (nSPS) is 18.1. The first-order chi connectivity index (χ1) is 7.27. The van der Waals surface area contributed by atoms with Crippen molar-refractivity contribution in [2.24, 2.45) is 11.8 Å². The minimum atomic E-state index is 0.0190. The number of hydrogen-bond donors (Lipinski definition) is 0. The molecule has 2 heteroatoms. The quantitative estimate of drug-likeness (QED) is 0.651. The number of esters is 1. The predicted octanol–water partition coefficient (Wildman–Crippen LogP) is 3.55. The Balaban J connectivity index is 2.20. The molecule has 1 rings (SSSR count). The fraction of sp³-hybridized carbons (Fsp3) is 0.923. The van der Waals surface area contributed by atoms with Gasteiger partial charge in [0.1, 0.15) is 0 Å². The van der Waals surface area contributed by atoms with Crippen molar-refractivity contribution in [1.29, 1.82) is 0 Å². The Bertz CT molecular complexity index is 179. The van der Waals surface area contributed by atoms with Crippen LogP contribution in [0.2, 0.25) is 0 Å². The molecule has 0 radical (unpaired) electrons. The van der Waals surface area contributed by atoms with E-state index in [-0.39, 0.29) is 11.9 Å². The molecule has 0 unspecified atom stereocenters. The van der Waals surface area contributed by atoms with Gasteiger partial charge in [0.15, 0.2) is 0 Å². The summed E-state index contributed by atoms with van der Waals surface area (Å²) in [6.45, 7) is 4.77. The summed E-state index contributed by atoms with van der Waals surface area (Å²) in [6, 6.07) is 0. The van der Waals surface area contributed by atoms with Crippen LogP contribution < -0.4 is 0 Å². The van der Waals surface area contributed by atoms with Crippen LogP contribution in [0.15, 0.2) is 0 Å². The van der Waals surface area contributed by atoms with Crippen molar-refractivity contribution in [2.45, 2.75) is 58.8 Å². The summed E-state index contributed by atoms with van der Waals surface area (Å²) in [5.41, 5.74) is 0. The number of ether oxygens (including phenoxy) is 1. The predicted molar refractivity (Wildman–Crippen MR) is 61.6 cm³/mol. The van der Waals surface area contributed by atoms with Gasteiger partial charge < -0.3 is 4.74 Å². The molecule has 0 atom stereocenters. The van der Waals surface area contributed by atoms with Crippen LogP contribution >= 0.6 is 0 Å². The second kappa shape index (κ2) is 6.86. The van der Waals surface area contributed by atoms with Gasteiger partial charge >= 0.3 is 5.97 Å². The van der Waals surface area contributed by atoms with Crippen molar-refractivity contribution in [3.05, 3.63) is 0 Å². The number of hydrogen-bond acceptors (Lipinski definition) is 2. The summed E-state index contributed by atoms with van der Waals surface area (Å²) in [5.74, 6) is 0.774. The van der Waals surface area contributed by atoms with E-state index in [2.05, 4.69) is 13.8 Å². The molecule has 0 N–H and O–H groups in total. The zero-order valence-electron chi connectivity index (χ0n) is 10.1. The average molecular weight is 212 g/mol. The van der Waals surface area contributed by atoms with Gasteiger partial charge in [-0.05, 0) is 31.6 Å². The van der Waals surface area contributed by atoms with Gasteiger partial charge in [0.25, 0.3) is 0 Å². The smallest absolute Gasteiger partial charge is 0.308 e. The lowest BCUT2D eigenvalue weighted by molar-refractivity contribution is -0.150. The topological polar surface area (TPSA) is 26.3 Å². The summed E-state index contributed by atoms with van der Waals surface area (Å²) < 4.78 is 5.39. The Morgan fingerprint density at radius 1 is 1.20 bits per heavy atom. The summed E-state index contributed by atoms with van der Waals surface area (Å²) in [6.07, 6.45) is 8.28. The summed E-state index contributed by atoms with van der Waals surface area (Å²) in [5, 5.41) is 0. The van der Waals surface area contributed by atoms with Crippen LogP contribution in [-0.4, -0.2) is 12.6 Å². The number of carbonyl (C=O) groups excluding carboxylic acids is 1. The lowest BCUT2D eigenvalue weighted by atomic mass is 9.90. The molecule has 0 aliphatic heterocycles. The molecule has 0 heterocycles. The average Bonchev–Trinajstić information content (AvgIpc) is 2.29. The molecule has 0 aromatic carbocycles. The van der Waals surface area contributed by atoms with Crippen LogP contribution in [0.5, 0.6) is 0 Å². The highest BCUT2D eigenvalue weighted by Crippen LogP contribution is 2.24. The molecule has 0 saturated heterocycles. The maximum atomic E-state index is 11.6. The van der Waals surface area contributed by atoms with Crippen LogP contribution in [-0.2, 0) is 9.53 Å². The third kappa shape index (κ3) is 4.23. The molecule has 2 nitrogen and oxygen atoms in total. The van der Waals surface area contributed by atoms with Gasteiger partial charge in [0, 0.05) is 0 Å². The number of carbonyl (C=O) groups is 1. The molecule has 88 valence electrons. The Morgan fingerprint density at radius 2 is 1.80 bits per heavy atom. The van der Waals surface area contributed by atoms with Gasteiger partial charge in [0.05, 0.1) is 12.5 Å². The molecule has 1 saturated carbocycles. The summed E-state index contributed by atoms with van der Waals surface area (Å²) in [4.78, 5) is 11.6. The van der Waals surface area contributed by atoms with Crippen molar-refractivity contribution in [3.63, 3.8) is 0 Å². The largest absolute Gasteiger partial charge is 0.465 e. The van der Waals surface area contributed by atoms with Crippen LogP contribution in [0, 0.1) is 11.8 Å². The van der Waals surface area contributed by atoms with E-state index in [1.54, 1.807) is 0 Å². The van der Waals surface area contributed by atoms with E-state index in [0.717, 1.165) is 12.8 Å². The van der Waals surface area contributed by atoms with E-state index in [9.17, 15) is 4.79 Å². The van der Waals surface area contributed by atoms with Gasteiger partial charge in [0.2, 0.25) is 0 Å². The zero-order valence-corrected chi connectivity index (χ0v) is 10.1. The molecular weight excluding hydrogens is 188 g/mol. The summed E-state index contributed by atoms with van der Waals surface area (Å²) in [7, 11) is 0. The maximum absolute atomic E-state index is 11.6. The highest BCUT2D eigenvalue weighted by Gasteiger charge is 2.19. The van der Waals surface area contributed by atoms with E-state index in [1.165, 1.54) is 32.1 Å². The van der Waals surface area contributed by atoms with Crippen molar-refractivity contribution >= 4 is 5.97 Å². The van der Waals surface area contributed by atoms with Crippen molar-refractivity contribution < 1.29 is 9.53 Å². The Hall–Kier alpha value is -0.530. The monoisotopic (exact) mass is 212 g/mol. The van der Waals surface area contributed by atoms with Gasteiger partial charge in [-0.1, -0.05) is 33.1 Å². The maximum Gasteiger partial charge on any atom is 0.308 e. The van der Waals surface area contributed by atoms with Crippen molar-refractivity contribution in [1.82, 2.24) is 0 Å². The van der Waals surface area contributed by atoms with E-state index in [1.807, 2.05) is 0 Å². The molecule has 15 heavy (non-hydrogen) atoms. The molecule has 1 aliphatic rings. The Kier molecular flexibility index (Phi) is 5.74. The second-order valence-corrected chi connectivity index (χ2v) is 4.65. The van der Waals surface area contributed by atoms with Gasteiger partial charge in [-0.2, -0.15) is 0 Å². The lowest BCUT2D eigenvalue weighted by Gasteiger charge is -2.22. The van der Waals surface area contributed by atoms with Crippen LogP contribution in [0.25, 0.3) is 0 Å². The molecule has 0 bridgehead atoms. The highest BCUT2D eigenvalue weighted by atomic mass is 16.5. The first-order valence-corrected chi connectivity index (χ1v) is 6.44. The minimum Gasteiger partial charge on any atom is -0.465 e. The molecule has 1 aliphatic carbocycles. The van der Waals surface area contributed by atoms with E-state index in [0.29, 0.717) is 12.5 Å². The first-order valence-electron chi connectivity index (χ1n) is 6.44. The first kappa shape index (κ1) is 12.5.